The predicted molar refractivity (Wildman–Crippen MR) is 67.4 cm³/mol. The van der Waals surface area contributed by atoms with Crippen LogP contribution in [0.2, 0.25) is 0 Å². The molecule has 0 spiro atoms. The summed E-state index contributed by atoms with van der Waals surface area (Å²) < 4.78 is 0. The van der Waals surface area contributed by atoms with E-state index in [1.54, 1.807) is 0 Å². The zero-order valence-electron chi connectivity index (χ0n) is 10.5. The summed E-state index contributed by atoms with van der Waals surface area (Å²) in [6.07, 6.45) is 6.18. The van der Waals surface area contributed by atoms with Crippen molar-refractivity contribution in [2.45, 2.75) is 46.2 Å². The van der Waals surface area contributed by atoms with Crippen molar-refractivity contribution >= 4 is 5.95 Å². The summed E-state index contributed by atoms with van der Waals surface area (Å²) in [6.45, 7) is 8.24. The lowest BCUT2D eigenvalue weighted by molar-refractivity contribution is 0.639. The van der Waals surface area contributed by atoms with Gasteiger partial charge in [0.15, 0.2) is 0 Å². The molecule has 0 saturated carbocycles. The number of nitrogens with zero attached hydrogens (tertiary/aromatic N) is 2. The van der Waals surface area contributed by atoms with Crippen LogP contribution >= 0.6 is 0 Å². The summed E-state index contributed by atoms with van der Waals surface area (Å²) in [4.78, 5) is 8.51. The fourth-order valence-electron chi connectivity index (χ4n) is 1.31. The molecule has 16 heavy (non-hydrogen) atoms. The molecule has 0 aliphatic carbocycles. The Morgan fingerprint density at radius 3 is 2.50 bits per heavy atom. The first-order valence-electron chi connectivity index (χ1n) is 6.00. The van der Waals surface area contributed by atoms with Gasteiger partial charge in [0.05, 0.1) is 0 Å². The highest BCUT2D eigenvalue weighted by Crippen LogP contribution is 2.01. The van der Waals surface area contributed by atoms with Crippen LogP contribution in [0.5, 0.6) is 0 Å². The number of hydrogen-bond acceptors (Lipinski definition) is 4. The number of hydrogen-bond donors (Lipinski definition) is 2. The van der Waals surface area contributed by atoms with Crippen LogP contribution in [0.1, 0.15) is 39.2 Å². The molecule has 4 nitrogen and oxygen atoms in total. The highest BCUT2D eigenvalue weighted by molar-refractivity contribution is 5.25. The highest BCUT2D eigenvalue weighted by atomic mass is 15.1. The van der Waals surface area contributed by atoms with Crippen molar-refractivity contribution < 1.29 is 0 Å². The highest BCUT2D eigenvalue weighted by Gasteiger charge is 1.98. The van der Waals surface area contributed by atoms with Gasteiger partial charge in [-0.05, 0) is 26.8 Å². The van der Waals surface area contributed by atoms with E-state index in [4.69, 9.17) is 0 Å². The second kappa shape index (κ2) is 7.17. The lowest BCUT2D eigenvalue weighted by Crippen LogP contribution is -2.16. The van der Waals surface area contributed by atoms with Gasteiger partial charge in [-0.1, -0.05) is 13.3 Å². The largest absolute Gasteiger partial charge is 0.352 e. The van der Waals surface area contributed by atoms with E-state index in [1.807, 2.05) is 12.4 Å². The topological polar surface area (TPSA) is 49.8 Å². The second-order valence-corrected chi connectivity index (χ2v) is 4.24. The molecule has 90 valence electrons. The monoisotopic (exact) mass is 222 g/mol. The van der Waals surface area contributed by atoms with Crippen LogP contribution in [0.3, 0.4) is 0 Å². The summed E-state index contributed by atoms with van der Waals surface area (Å²) in [7, 11) is 0. The lowest BCUT2D eigenvalue weighted by Gasteiger charge is -2.08. The van der Waals surface area contributed by atoms with E-state index in [0.717, 1.165) is 18.7 Å². The molecule has 0 aromatic carbocycles. The van der Waals surface area contributed by atoms with E-state index in [1.165, 1.54) is 12.8 Å². The van der Waals surface area contributed by atoms with Crippen molar-refractivity contribution in [2.24, 2.45) is 0 Å². The molecule has 0 bridgehead atoms. The van der Waals surface area contributed by atoms with Gasteiger partial charge in [-0.3, -0.25) is 0 Å². The predicted octanol–water partition coefficient (Wildman–Crippen LogP) is 2.19. The SMILES string of the molecule is CCCCNCc1cnc(NC(C)C)nc1. The van der Waals surface area contributed by atoms with Crippen LogP contribution in [-0.4, -0.2) is 22.6 Å². The normalized spacial score (nSPS) is 10.8. The Morgan fingerprint density at radius 2 is 1.94 bits per heavy atom. The van der Waals surface area contributed by atoms with E-state index in [2.05, 4.69) is 41.4 Å². The van der Waals surface area contributed by atoms with Gasteiger partial charge in [0.25, 0.3) is 0 Å². The average Bonchev–Trinajstić information content (AvgIpc) is 2.26. The molecule has 0 fully saturated rings. The Balaban J connectivity index is 2.33. The van der Waals surface area contributed by atoms with Gasteiger partial charge in [0.2, 0.25) is 5.95 Å². The Kier molecular flexibility index (Phi) is 5.78. The fourth-order valence-corrected chi connectivity index (χ4v) is 1.31. The second-order valence-electron chi connectivity index (χ2n) is 4.24. The number of nitrogens with one attached hydrogen (secondary N) is 2. The average molecular weight is 222 g/mol. The van der Waals surface area contributed by atoms with Gasteiger partial charge in [-0.15, -0.1) is 0 Å². The smallest absolute Gasteiger partial charge is 0.222 e. The van der Waals surface area contributed by atoms with Crippen molar-refractivity contribution in [2.75, 3.05) is 11.9 Å². The molecule has 0 saturated heterocycles. The first kappa shape index (κ1) is 12.9. The minimum absolute atomic E-state index is 0.369. The first-order chi connectivity index (χ1) is 7.72. The van der Waals surface area contributed by atoms with E-state index in [0.29, 0.717) is 12.0 Å². The summed E-state index contributed by atoms with van der Waals surface area (Å²) in [5.74, 6) is 0.701. The maximum Gasteiger partial charge on any atom is 0.222 e. The Hall–Kier alpha value is -1.16. The molecule has 0 radical (unpaired) electrons. The van der Waals surface area contributed by atoms with Crippen LogP contribution in [-0.2, 0) is 6.54 Å². The van der Waals surface area contributed by atoms with Gasteiger partial charge in [-0.25, -0.2) is 9.97 Å². The minimum atomic E-state index is 0.369. The number of anilines is 1. The Labute approximate surface area is 97.9 Å². The molecule has 4 heteroatoms. The minimum Gasteiger partial charge on any atom is -0.352 e. The standard InChI is InChI=1S/C12H22N4/c1-4-5-6-13-7-11-8-14-12(15-9-11)16-10(2)3/h8-10,13H,4-7H2,1-3H3,(H,14,15,16). The lowest BCUT2D eigenvalue weighted by atomic mass is 10.3. The third-order valence-electron chi connectivity index (χ3n) is 2.16. The number of aromatic nitrogens is 2. The molecule has 0 aliphatic heterocycles. The molecular weight excluding hydrogens is 200 g/mol. The summed E-state index contributed by atoms with van der Waals surface area (Å²) in [6, 6.07) is 0.369. The van der Waals surface area contributed by atoms with Crippen LogP contribution in [0.15, 0.2) is 12.4 Å². The van der Waals surface area contributed by atoms with Gasteiger partial charge < -0.3 is 10.6 Å². The number of unbranched alkanes of at least 4 members (excludes halogenated alkanes) is 1. The summed E-state index contributed by atoms with van der Waals surface area (Å²) >= 11 is 0. The summed E-state index contributed by atoms with van der Waals surface area (Å²) in [5, 5.41) is 6.53. The van der Waals surface area contributed by atoms with Crippen molar-refractivity contribution in [3.05, 3.63) is 18.0 Å². The van der Waals surface area contributed by atoms with Crippen LogP contribution < -0.4 is 10.6 Å². The van der Waals surface area contributed by atoms with Crippen molar-refractivity contribution in [3.8, 4) is 0 Å². The van der Waals surface area contributed by atoms with E-state index < -0.39 is 0 Å². The van der Waals surface area contributed by atoms with E-state index >= 15 is 0 Å². The molecule has 0 unspecified atom stereocenters. The maximum absolute atomic E-state index is 4.26. The zero-order valence-corrected chi connectivity index (χ0v) is 10.5. The van der Waals surface area contributed by atoms with Crippen LogP contribution in [0, 0.1) is 0 Å². The Bertz CT molecular complexity index is 282. The van der Waals surface area contributed by atoms with E-state index in [9.17, 15) is 0 Å². The fraction of sp³-hybridized carbons (Fsp3) is 0.667. The van der Waals surface area contributed by atoms with Gasteiger partial charge in [0.1, 0.15) is 0 Å². The first-order valence-corrected chi connectivity index (χ1v) is 6.00. The van der Waals surface area contributed by atoms with Crippen LogP contribution in [0.4, 0.5) is 5.95 Å². The van der Waals surface area contributed by atoms with Crippen molar-refractivity contribution in [1.82, 2.24) is 15.3 Å². The molecule has 1 rings (SSSR count). The third kappa shape index (κ3) is 5.07. The maximum atomic E-state index is 4.26. The molecule has 1 aromatic rings. The molecule has 0 atom stereocenters. The van der Waals surface area contributed by atoms with Crippen molar-refractivity contribution in [3.63, 3.8) is 0 Å². The number of rotatable bonds is 7. The third-order valence-corrected chi connectivity index (χ3v) is 2.16. The molecule has 1 heterocycles. The van der Waals surface area contributed by atoms with Crippen LogP contribution in [0.25, 0.3) is 0 Å². The molecule has 2 N–H and O–H groups in total. The van der Waals surface area contributed by atoms with Gasteiger partial charge >= 0.3 is 0 Å². The molecule has 0 aliphatic rings. The molecular formula is C12H22N4. The van der Waals surface area contributed by atoms with Gasteiger partial charge in [0, 0.05) is 30.5 Å². The molecule has 1 aromatic heterocycles. The summed E-state index contributed by atoms with van der Waals surface area (Å²) in [5.41, 5.74) is 1.13. The Morgan fingerprint density at radius 1 is 1.25 bits per heavy atom. The van der Waals surface area contributed by atoms with E-state index in [-0.39, 0.29) is 0 Å². The zero-order chi connectivity index (χ0) is 11.8. The van der Waals surface area contributed by atoms with Gasteiger partial charge in [-0.2, -0.15) is 0 Å². The van der Waals surface area contributed by atoms with Crippen molar-refractivity contribution in [1.29, 1.82) is 0 Å². The quantitative estimate of drug-likeness (QED) is 0.694. The molecule has 0 amide bonds.